The average Bonchev–Trinajstić information content (AvgIpc) is 2.69. The van der Waals surface area contributed by atoms with Gasteiger partial charge in [-0.15, -0.1) is 0 Å². The zero-order valence-corrected chi connectivity index (χ0v) is 20.0. The molecule has 0 aromatic heterocycles. The Kier molecular flexibility index (Phi) is 12.4. The van der Waals surface area contributed by atoms with Crippen molar-refractivity contribution in [1.29, 1.82) is 0 Å². The molecule has 1 rings (SSSR count). The number of rotatable bonds is 11. The number of carbonyl (C=O) groups is 2. The van der Waals surface area contributed by atoms with Gasteiger partial charge in [0.2, 0.25) is 11.8 Å². The van der Waals surface area contributed by atoms with E-state index in [1.165, 1.54) is 19.3 Å². The molecule has 1 fully saturated rings. The summed E-state index contributed by atoms with van der Waals surface area (Å²) in [5.41, 5.74) is 0. The van der Waals surface area contributed by atoms with Gasteiger partial charge in [-0.25, -0.2) is 4.99 Å². The van der Waals surface area contributed by atoms with E-state index in [9.17, 15) is 9.59 Å². The second-order valence-corrected chi connectivity index (χ2v) is 8.71. The summed E-state index contributed by atoms with van der Waals surface area (Å²) in [7, 11) is 3.51. The molecular weight excluding hydrogens is 380 g/mol. The largest absolute Gasteiger partial charge is 0.356 e. The highest BCUT2D eigenvalue weighted by atomic mass is 16.2. The Balaban J connectivity index is 2.67. The number of piperazine rings is 1. The van der Waals surface area contributed by atoms with E-state index in [1.807, 2.05) is 13.8 Å². The van der Waals surface area contributed by atoms with Gasteiger partial charge in [0.15, 0.2) is 5.96 Å². The van der Waals surface area contributed by atoms with E-state index < -0.39 is 0 Å². The van der Waals surface area contributed by atoms with Crippen LogP contribution in [-0.4, -0.2) is 98.4 Å². The Morgan fingerprint density at radius 1 is 1.10 bits per heavy atom. The molecule has 0 aliphatic carbocycles. The maximum absolute atomic E-state index is 12.0. The van der Waals surface area contributed by atoms with E-state index in [-0.39, 0.29) is 24.4 Å². The molecule has 0 aromatic carbocycles. The van der Waals surface area contributed by atoms with E-state index in [2.05, 4.69) is 39.3 Å². The van der Waals surface area contributed by atoms with Crippen LogP contribution in [0.3, 0.4) is 0 Å². The number of hydrogen-bond acceptors (Lipinski definition) is 4. The van der Waals surface area contributed by atoms with Crippen molar-refractivity contribution < 1.29 is 9.59 Å². The third-order valence-corrected chi connectivity index (χ3v) is 5.44. The predicted octanol–water partition coefficient (Wildman–Crippen LogP) is 1.38. The van der Waals surface area contributed by atoms with Crippen molar-refractivity contribution >= 4 is 17.8 Å². The van der Waals surface area contributed by atoms with Crippen LogP contribution >= 0.6 is 0 Å². The third-order valence-electron chi connectivity index (χ3n) is 5.44. The highest BCUT2D eigenvalue weighted by molar-refractivity contribution is 5.85. The normalized spacial score (nSPS) is 16.5. The van der Waals surface area contributed by atoms with Crippen LogP contribution in [0.5, 0.6) is 0 Å². The zero-order valence-electron chi connectivity index (χ0n) is 20.0. The zero-order chi connectivity index (χ0) is 22.5. The number of nitrogens with one attached hydrogen (secondary N) is 2. The quantitative estimate of drug-likeness (QED) is 0.387. The first-order chi connectivity index (χ1) is 14.3. The van der Waals surface area contributed by atoms with Crippen molar-refractivity contribution in [2.45, 2.75) is 59.4 Å². The number of likely N-dealkylation sites (N-methyl/N-ethyl adjacent to an activating group) is 1. The Bertz CT molecular complexity index is 542. The number of unbranched alkanes of at least 4 members (excludes halogenated alkanes) is 1. The van der Waals surface area contributed by atoms with Crippen LogP contribution in [0.15, 0.2) is 4.99 Å². The number of guanidine groups is 1. The summed E-state index contributed by atoms with van der Waals surface area (Å²) in [6.45, 7) is 13.1. The minimum atomic E-state index is -0.00341. The molecule has 2 amide bonds. The molecule has 0 bridgehead atoms. The molecule has 1 aliphatic heterocycles. The lowest BCUT2D eigenvalue weighted by molar-refractivity contribution is -0.127. The lowest BCUT2D eigenvalue weighted by Gasteiger charge is -2.36. The minimum absolute atomic E-state index is 0.00341. The number of carbonyl (C=O) groups excluding carboxylic acids is 2. The Labute approximate surface area is 183 Å². The van der Waals surface area contributed by atoms with Gasteiger partial charge >= 0.3 is 0 Å². The first-order valence-electron chi connectivity index (χ1n) is 11.5. The fourth-order valence-electron chi connectivity index (χ4n) is 3.42. The smallest absolute Gasteiger partial charge is 0.243 e. The molecule has 0 radical (unpaired) electrons. The first-order valence-corrected chi connectivity index (χ1v) is 11.5. The minimum Gasteiger partial charge on any atom is -0.356 e. The molecule has 1 atom stereocenters. The summed E-state index contributed by atoms with van der Waals surface area (Å²) in [6.07, 6.45) is 4.79. The van der Waals surface area contributed by atoms with Crippen molar-refractivity contribution in [3.63, 3.8) is 0 Å². The third kappa shape index (κ3) is 10.3. The summed E-state index contributed by atoms with van der Waals surface area (Å²) in [5, 5.41) is 6.48. The topological polar surface area (TPSA) is 80.3 Å². The van der Waals surface area contributed by atoms with Crippen LogP contribution in [0.2, 0.25) is 0 Å². The fraction of sp³-hybridized carbons (Fsp3) is 0.864. The molecule has 8 nitrogen and oxygen atoms in total. The molecular formula is C22H44N6O2. The highest BCUT2D eigenvalue weighted by Gasteiger charge is 2.22. The van der Waals surface area contributed by atoms with E-state index in [1.54, 1.807) is 19.0 Å². The molecule has 30 heavy (non-hydrogen) atoms. The van der Waals surface area contributed by atoms with Crippen molar-refractivity contribution in [3.8, 4) is 0 Å². The van der Waals surface area contributed by atoms with Gasteiger partial charge in [-0.05, 0) is 26.2 Å². The molecule has 0 spiro atoms. The van der Waals surface area contributed by atoms with Crippen LogP contribution in [0.4, 0.5) is 0 Å². The van der Waals surface area contributed by atoms with Crippen molar-refractivity contribution in [2.24, 2.45) is 10.9 Å². The maximum atomic E-state index is 12.0. The van der Waals surface area contributed by atoms with Crippen LogP contribution < -0.4 is 10.6 Å². The lowest BCUT2D eigenvalue weighted by atomic mass is 9.99. The molecule has 0 saturated carbocycles. The van der Waals surface area contributed by atoms with Gasteiger partial charge in [-0.3, -0.25) is 14.5 Å². The van der Waals surface area contributed by atoms with E-state index in [0.717, 1.165) is 45.1 Å². The summed E-state index contributed by atoms with van der Waals surface area (Å²) in [5.74, 6) is 1.49. The van der Waals surface area contributed by atoms with Gasteiger partial charge in [0.1, 0.15) is 6.54 Å². The first kappa shape index (κ1) is 26.2. The molecule has 2 N–H and O–H groups in total. The molecule has 1 aliphatic rings. The Morgan fingerprint density at radius 2 is 1.77 bits per heavy atom. The standard InChI is InChI=1S/C22H44N6O2/c1-7-9-10-19(8-2)15-23-22(24-16-21(30)26(5)6)28-13-11-27(12-14-28)17-20(29)25-18(3)4/h18-19H,7-17H2,1-6H3,(H,23,24)(H,25,29). The molecule has 0 aromatic rings. The maximum Gasteiger partial charge on any atom is 0.243 e. The molecule has 174 valence electrons. The van der Waals surface area contributed by atoms with Gasteiger partial charge < -0.3 is 20.4 Å². The molecule has 8 heteroatoms. The monoisotopic (exact) mass is 424 g/mol. The van der Waals surface area contributed by atoms with E-state index in [4.69, 9.17) is 0 Å². The van der Waals surface area contributed by atoms with Crippen LogP contribution in [0.1, 0.15) is 53.4 Å². The number of nitrogens with zero attached hydrogens (tertiary/aromatic N) is 4. The second-order valence-electron chi connectivity index (χ2n) is 8.71. The van der Waals surface area contributed by atoms with Crippen molar-refractivity contribution in [1.82, 2.24) is 25.3 Å². The summed E-state index contributed by atoms with van der Waals surface area (Å²) in [4.78, 5) is 34.7. The van der Waals surface area contributed by atoms with E-state index in [0.29, 0.717) is 12.5 Å². The second kappa shape index (κ2) is 14.2. The van der Waals surface area contributed by atoms with Crippen LogP contribution in [-0.2, 0) is 9.59 Å². The Hall–Kier alpha value is -1.83. The summed E-state index contributed by atoms with van der Waals surface area (Å²) >= 11 is 0. The average molecular weight is 425 g/mol. The van der Waals surface area contributed by atoms with Gasteiger partial charge in [0.25, 0.3) is 0 Å². The molecule has 1 saturated heterocycles. The van der Waals surface area contributed by atoms with Crippen LogP contribution in [0, 0.1) is 5.92 Å². The Morgan fingerprint density at radius 3 is 2.30 bits per heavy atom. The van der Waals surface area contributed by atoms with Crippen molar-refractivity contribution in [3.05, 3.63) is 0 Å². The van der Waals surface area contributed by atoms with Gasteiger partial charge in [-0.1, -0.05) is 33.1 Å². The fourth-order valence-corrected chi connectivity index (χ4v) is 3.42. The van der Waals surface area contributed by atoms with E-state index >= 15 is 0 Å². The molecule has 1 unspecified atom stereocenters. The molecule has 1 heterocycles. The number of amides is 2. The van der Waals surface area contributed by atoms with Gasteiger partial charge in [0, 0.05) is 52.9 Å². The number of hydrogen-bond donors (Lipinski definition) is 2. The lowest BCUT2D eigenvalue weighted by Crippen LogP contribution is -2.54. The highest BCUT2D eigenvalue weighted by Crippen LogP contribution is 2.12. The van der Waals surface area contributed by atoms with Gasteiger partial charge in [0.05, 0.1) is 6.54 Å². The SMILES string of the molecule is CCCCC(CC)CNC(=NCC(=O)N(C)C)N1CCN(CC(=O)NC(C)C)CC1. The van der Waals surface area contributed by atoms with Gasteiger partial charge in [-0.2, -0.15) is 0 Å². The predicted molar refractivity (Wildman–Crippen MR) is 124 cm³/mol. The van der Waals surface area contributed by atoms with Crippen molar-refractivity contribution in [2.75, 3.05) is 59.9 Å². The summed E-state index contributed by atoms with van der Waals surface area (Å²) < 4.78 is 0. The van der Waals surface area contributed by atoms with Crippen LogP contribution in [0.25, 0.3) is 0 Å². The number of aliphatic imine (C=N–C) groups is 1. The summed E-state index contributed by atoms with van der Waals surface area (Å²) in [6, 6.07) is 0.162.